The van der Waals surface area contributed by atoms with Crippen molar-refractivity contribution in [3.63, 3.8) is 0 Å². The highest BCUT2D eigenvalue weighted by Gasteiger charge is 2.30. The monoisotopic (exact) mass is 232 g/mol. The van der Waals surface area contributed by atoms with Crippen molar-refractivity contribution in [1.29, 1.82) is 5.26 Å². The smallest absolute Gasteiger partial charge is 0.230 e. The van der Waals surface area contributed by atoms with Crippen LogP contribution < -0.4 is 0 Å². The summed E-state index contributed by atoms with van der Waals surface area (Å²) < 4.78 is 30.4. The third-order valence-corrected chi connectivity index (χ3v) is 4.45. The number of ether oxygens (including phenoxy) is 1. The SMILES string of the molecule is CC1CN(S(=O)(=O)C(C)C#N)CCCO1. The molecule has 0 saturated carbocycles. The molecule has 86 valence electrons. The molecule has 6 heteroatoms. The molecule has 2 atom stereocenters. The van der Waals surface area contributed by atoms with Gasteiger partial charge in [0.15, 0.2) is 5.25 Å². The van der Waals surface area contributed by atoms with Gasteiger partial charge >= 0.3 is 0 Å². The van der Waals surface area contributed by atoms with Crippen LogP contribution in [-0.2, 0) is 14.8 Å². The summed E-state index contributed by atoms with van der Waals surface area (Å²) in [5, 5.41) is 7.67. The molecule has 5 nitrogen and oxygen atoms in total. The fraction of sp³-hybridized carbons (Fsp3) is 0.889. The van der Waals surface area contributed by atoms with Gasteiger partial charge in [0.25, 0.3) is 0 Å². The molecule has 1 aliphatic heterocycles. The molecule has 0 aliphatic carbocycles. The van der Waals surface area contributed by atoms with Gasteiger partial charge in [0, 0.05) is 19.7 Å². The van der Waals surface area contributed by atoms with Crippen LogP contribution in [0.1, 0.15) is 20.3 Å². The fourth-order valence-electron chi connectivity index (χ4n) is 1.48. The van der Waals surface area contributed by atoms with E-state index in [1.165, 1.54) is 11.2 Å². The van der Waals surface area contributed by atoms with E-state index in [0.717, 1.165) is 0 Å². The van der Waals surface area contributed by atoms with Gasteiger partial charge in [-0.15, -0.1) is 0 Å². The van der Waals surface area contributed by atoms with Crippen molar-refractivity contribution in [3.8, 4) is 6.07 Å². The number of hydrogen-bond donors (Lipinski definition) is 0. The molecule has 0 amide bonds. The number of hydrogen-bond acceptors (Lipinski definition) is 4. The molecule has 0 N–H and O–H groups in total. The Kier molecular flexibility index (Phi) is 4.08. The lowest BCUT2D eigenvalue weighted by Gasteiger charge is -2.22. The molecule has 0 radical (unpaired) electrons. The highest BCUT2D eigenvalue weighted by Crippen LogP contribution is 2.13. The lowest BCUT2D eigenvalue weighted by atomic mass is 10.4. The Bertz CT molecular complexity index is 347. The third-order valence-electron chi connectivity index (χ3n) is 2.40. The normalized spacial score (nSPS) is 26.6. The van der Waals surface area contributed by atoms with E-state index in [1.54, 1.807) is 6.07 Å². The van der Waals surface area contributed by atoms with Gasteiger partial charge in [-0.2, -0.15) is 9.57 Å². The molecular formula is C9H16N2O3S. The largest absolute Gasteiger partial charge is 0.377 e. The van der Waals surface area contributed by atoms with Crippen LogP contribution in [0.4, 0.5) is 0 Å². The van der Waals surface area contributed by atoms with Gasteiger partial charge in [-0.1, -0.05) is 0 Å². The van der Waals surface area contributed by atoms with E-state index in [1.807, 2.05) is 6.92 Å². The third kappa shape index (κ3) is 2.91. The van der Waals surface area contributed by atoms with E-state index < -0.39 is 15.3 Å². The highest BCUT2D eigenvalue weighted by molar-refractivity contribution is 7.89. The summed E-state index contributed by atoms with van der Waals surface area (Å²) in [6.45, 7) is 4.61. The minimum Gasteiger partial charge on any atom is -0.377 e. The lowest BCUT2D eigenvalue weighted by molar-refractivity contribution is 0.0751. The van der Waals surface area contributed by atoms with Crippen molar-refractivity contribution >= 4 is 10.0 Å². The van der Waals surface area contributed by atoms with Gasteiger partial charge < -0.3 is 4.74 Å². The minimum atomic E-state index is -3.48. The molecule has 0 spiro atoms. The number of rotatable bonds is 2. The first-order valence-electron chi connectivity index (χ1n) is 4.98. The van der Waals surface area contributed by atoms with Gasteiger partial charge in [-0.05, 0) is 20.3 Å². The van der Waals surface area contributed by atoms with Crippen molar-refractivity contribution < 1.29 is 13.2 Å². The second kappa shape index (κ2) is 4.92. The maximum Gasteiger partial charge on any atom is 0.230 e. The van der Waals surface area contributed by atoms with E-state index >= 15 is 0 Å². The van der Waals surface area contributed by atoms with Crippen molar-refractivity contribution in [2.45, 2.75) is 31.6 Å². The Hall–Kier alpha value is -0.640. The molecule has 1 fully saturated rings. The summed E-state index contributed by atoms with van der Waals surface area (Å²) in [6.07, 6.45) is 0.579. The first kappa shape index (κ1) is 12.4. The summed E-state index contributed by atoms with van der Waals surface area (Å²) in [5.74, 6) is 0. The summed E-state index contributed by atoms with van der Waals surface area (Å²) in [6, 6.07) is 1.77. The minimum absolute atomic E-state index is 0.104. The highest BCUT2D eigenvalue weighted by atomic mass is 32.2. The van der Waals surface area contributed by atoms with Crippen molar-refractivity contribution in [2.75, 3.05) is 19.7 Å². The van der Waals surface area contributed by atoms with Crippen LogP contribution in [0, 0.1) is 11.3 Å². The summed E-state index contributed by atoms with van der Waals surface area (Å²) in [5.41, 5.74) is 0. The summed E-state index contributed by atoms with van der Waals surface area (Å²) in [4.78, 5) is 0. The first-order chi connectivity index (χ1) is 6.98. The molecule has 1 saturated heterocycles. The number of sulfonamides is 1. The average molecular weight is 232 g/mol. The number of nitriles is 1. The number of nitrogens with zero attached hydrogens (tertiary/aromatic N) is 2. The van der Waals surface area contributed by atoms with E-state index in [-0.39, 0.29) is 6.10 Å². The van der Waals surface area contributed by atoms with E-state index in [2.05, 4.69) is 0 Å². The molecular weight excluding hydrogens is 216 g/mol. The Morgan fingerprint density at radius 3 is 2.87 bits per heavy atom. The van der Waals surface area contributed by atoms with Gasteiger partial charge in [-0.3, -0.25) is 0 Å². The molecule has 1 heterocycles. The molecule has 0 aromatic rings. The maximum atomic E-state index is 11.9. The van der Waals surface area contributed by atoms with Crippen molar-refractivity contribution in [3.05, 3.63) is 0 Å². The van der Waals surface area contributed by atoms with Crippen LogP contribution in [0.25, 0.3) is 0 Å². The molecule has 1 rings (SSSR count). The zero-order valence-corrected chi connectivity index (χ0v) is 9.83. The van der Waals surface area contributed by atoms with Crippen molar-refractivity contribution in [1.82, 2.24) is 4.31 Å². The predicted octanol–water partition coefficient (Wildman–Crippen LogP) is 0.339. The van der Waals surface area contributed by atoms with Crippen LogP contribution in [0.5, 0.6) is 0 Å². The maximum absolute atomic E-state index is 11.9. The van der Waals surface area contributed by atoms with E-state index in [4.69, 9.17) is 10.00 Å². The zero-order chi connectivity index (χ0) is 11.5. The van der Waals surface area contributed by atoms with Crippen LogP contribution in [-0.4, -0.2) is 43.8 Å². The van der Waals surface area contributed by atoms with Crippen LogP contribution >= 0.6 is 0 Å². The Balaban J connectivity index is 2.82. The molecule has 2 unspecified atom stereocenters. The van der Waals surface area contributed by atoms with Crippen LogP contribution in [0.15, 0.2) is 0 Å². The van der Waals surface area contributed by atoms with Crippen LogP contribution in [0.2, 0.25) is 0 Å². The molecule has 0 aromatic carbocycles. The summed E-state index contributed by atoms with van der Waals surface area (Å²) in [7, 11) is -3.48. The Morgan fingerprint density at radius 2 is 2.27 bits per heavy atom. The quantitative estimate of drug-likeness (QED) is 0.688. The second-order valence-corrected chi connectivity index (χ2v) is 5.96. The summed E-state index contributed by atoms with van der Waals surface area (Å²) >= 11 is 0. The van der Waals surface area contributed by atoms with Gasteiger partial charge in [0.1, 0.15) is 0 Å². The molecule has 1 aliphatic rings. The van der Waals surface area contributed by atoms with Gasteiger partial charge in [0.05, 0.1) is 12.2 Å². The first-order valence-corrected chi connectivity index (χ1v) is 6.49. The molecule has 0 aromatic heterocycles. The van der Waals surface area contributed by atoms with E-state index in [9.17, 15) is 8.42 Å². The van der Waals surface area contributed by atoms with Crippen molar-refractivity contribution in [2.24, 2.45) is 0 Å². The predicted molar refractivity (Wildman–Crippen MR) is 55.6 cm³/mol. The Morgan fingerprint density at radius 1 is 1.60 bits per heavy atom. The van der Waals surface area contributed by atoms with E-state index in [0.29, 0.717) is 26.1 Å². The Labute approximate surface area is 90.7 Å². The fourth-order valence-corrected chi connectivity index (χ4v) is 2.86. The second-order valence-electron chi connectivity index (χ2n) is 3.71. The average Bonchev–Trinajstić information content (AvgIpc) is 2.41. The lowest BCUT2D eigenvalue weighted by Crippen LogP contribution is -2.40. The molecule has 15 heavy (non-hydrogen) atoms. The zero-order valence-electron chi connectivity index (χ0n) is 9.01. The topological polar surface area (TPSA) is 70.4 Å². The molecule has 0 bridgehead atoms. The standard InChI is InChI=1S/C9H16N2O3S/c1-8-7-11(4-3-5-14-8)15(12,13)9(2)6-10/h8-9H,3-5,7H2,1-2H3. The van der Waals surface area contributed by atoms with Crippen LogP contribution in [0.3, 0.4) is 0 Å². The van der Waals surface area contributed by atoms with Gasteiger partial charge in [-0.25, -0.2) is 8.42 Å². The van der Waals surface area contributed by atoms with Gasteiger partial charge in [0.2, 0.25) is 10.0 Å².